The third-order valence-electron chi connectivity index (χ3n) is 3.92. The van der Waals surface area contributed by atoms with E-state index in [4.69, 9.17) is 21.1 Å². The van der Waals surface area contributed by atoms with E-state index in [2.05, 4.69) is 0 Å². The van der Waals surface area contributed by atoms with E-state index in [0.717, 1.165) is 16.3 Å². The number of halogens is 1. The fourth-order valence-electron chi connectivity index (χ4n) is 2.57. The zero-order chi connectivity index (χ0) is 17.9. The summed E-state index contributed by atoms with van der Waals surface area (Å²) in [5.41, 5.74) is -0.132. The number of carbonyl (C=O) groups excluding carboxylic acids is 1. The first kappa shape index (κ1) is 17.3. The van der Waals surface area contributed by atoms with Crippen LogP contribution in [0.4, 0.5) is 0 Å². The summed E-state index contributed by atoms with van der Waals surface area (Å²) in [6.45, 7) is 3.58. The summed E-state index contributed by atoms with van der Waals surface area (Å²) < 4.78 is 11.3. The van der Waals surface area contributed by atoms with Gasteiger partial charge in [0.15, 0.2) is 5.60 Å². The SMILES string of the molecule is CC(C)(Oc1ccc(Cl)cc1)C(=O)OCc1cccc2ccccc12. The third kappa shape index (κ3) is 4.12. The van der Waals surface area contributed by atoms with E-state index in [1.54, 1.807) is 38.1 Å². The molecule has 0 aromatic heterocycles. The molecule has 0 saturated carbocycles. The van der Waals surface area contributed by atoms with Crippen LogP contribution in [-0.4, -0.2) is 11.6 Å². The highest BCUT2D eigenvalue weighted by Gasteiger charge is 2.32. The summed E-state index contributed by atoms with van der Waals surface area (Å²) in [6.07, 6.45) is 0. The lowest BCUT2D eigenvalue weighted by molar-refractivity contribution is -0.160. The van der Waals surface area contributed by atoms with Crippen molar-refractivity contribution < 1.29 is 14.3 Å². The highest BCUT2D eigenvalue weighted by Crippen LogP contribution is 2.23. The number of rotatable bonds is 5. The van der Waals surface area contributed by atoms with Crippen LogP contribution in [0.3, 0.4) is 0 Å². The maximum Gasteiger partial charge on any atom is 0.350 e. The number of esters is 1. The zero-order valence-corrected chi connectivity index (χ0v) is 14.9. The Morgan fingerprint density at radius 3 is 2.40 bits per heavy atom. The van der Waals surface area contributed by atoms with Crippen LogP contribution in [0.2, 0.25) is 5.02 Å². The van der Waals surface area contributed by atoms with Crippen LogP contribution in [0.5, 0.6) is 5.75 Å². The first-order valence-corrected chi connectivity index (χ1v) is 8.42. The van der Waals surface area contributed by atoms with E-state index in [1.807, 2.05) is 42.5 Å². The van der Waals surface area contributed by atoms with Gasteiger partial charge in [0.1, 0.15) is 12.4 Å². The predicted molar refractivity (Wildman–Crippen MR) is 99.9 cm³/mol. The number of ether oxygens (including phenoxy) is 2. The fourth-order valence-corrected chi connectivity index (χ4v) is 2.70. The summed E-state index contributed by atoms with van der Waals surface area (Å²) in [5, 5.41) is 2.81. The van der Waals surface area contributed by atoms with Gasteiger partial charge >= 0.3 is 5.97 Å². The first-order chi connectivity index (χ1) is 12.0. The summed E-state index contributed by atoms with van der Waals surface area (Å²) in [4.78, 5) is 12.5. The molecule has 0 aliphatic rings. The smallest absolute Gasteiger partial charge is 0.350 e. The predicted octanol–water partition coefficient (Wildman–Crippen LogP) is 5.39. The maximum absolute atomic E-state index is 12.5. The van der Waals surface area contributed by atoms with E-state index >= 15 is 0 Å². The molecule has 0 saturated heterocycles. The molecule has 0 fully saturated rings. The number of carbonyl (C=O) groups is 1. The highest BCUT2D eigenvalue weighted by molar-refractivity contribution is 6.30. The van der Waals surface area contributed by atoms with Crippen LogP contribution >= 0.6 is 11.6 Å². The third-order valence-corrected chi connectivity index (χ3v) is 4.17. The standard InChI is InChI=1S/C21H19ClO3/c1-21(2,25-18-12-10-17(22)11-13-18)20(23)24-14-16-8-5-7-15-6-3-4-9-19(15)16/h3-13H,14H2,1-2H3. The normalized spacial score (nSPS) is 11.3. The highest BCUT2D eigenvalue weighted by atomic mass is 35.5. The minimum Gasteiger partial charge on any atom is -0.476 e. The second-order valence-electron chi connectivity index (χ2n) is 6.28. The minimum absolute atomic E-state index is 0.202. The van der Waals surface area contributed by atoms with Gasteiger partial charge in [0.2, 0.25) is 0 Å². The molecule has 0 heterocycles. The Morgan fingerprint density at radius 1 is 0.960 bits per heavy atom. The fraction of sp³-hybridized carbons (Fsp3) is 0.190. The Morgan fingerprint density at radius 2 is 1.64 bits per heavy atom. The molecule has 3 aromatic rings. The second-order valence-corrected chi connectivity index (χ2v) is 6.72. The van der Waals surface area contributed by atoms with Crippen molar-refractivity contribution in [1.82, 2.24) is 0 Å². The molecule has 0 aliphatic carbocycles. The van der Waals surface area contributed by atoms with Gasteiger partial charge in [-0.15, -0.1) is 0 Å². The van der Waals surface area contributed by atoms with Crippen LogP contribution in [0, 0.1) is 0 Å². The summed E-state index contributed by atoms with van der Waals surface area (Å²) in [7, 11) is 0. The molecule has 128 valence electrons. The first-order valence-electron chi connectivity index (χ1n) is 8.04. The Balaban J connectivity index is 1.69. The van der Waals surface area contributed by atoms with Crippen LogP contribution < -0.4 is 4.74 Å². The maximum atomic E-state index is 12.5. The largest absolute Gasteiger partial charge is 0.476 e. The molecule has 4 heteroatoms. The molecule has 0 aliphatic heterocycles. The van der Waals surface area contributed by atoms with Gasteiger partial charge < -0.3 is 9.47 Å². The lowest BCUT2D eigenvalue weighted by Gasteiger charge is -2.24. The van der Waals surface area contributed by atoms with Crippen molar-refractivity contribution >= 4 is 28.3 Å². The molecule has 3 rings (SSSR count). The Labute approximate surface area is 152 Å². The van der Waals surface area contributed by atoms with Crippen molar-refractivity contribution in [3.05, 3.63) is 77.3 Å². The lowest BCUT2D eigenvalue weighted by atomic mass is 10.1. The van der Waals surface area contributed by atoms with Gasteiger partial charge in [0, 0.05) is 5.02 Å². The van der Waals surface area contributed by atoms with E-state index in [1.165, 1.54) is 0 Å². The van der Waals surface area contributed by atoms with E-state index < -0.39 is 11.6 Å². The van der Waals surface area contributed by atoms with Gasteiger partial charge in [0.25, 0.3) is 0 Å². The van der Waals surface area contributed by atoms with E-state index in [0.29, 0.717) is 10.8 Å². The minimum atomic E-state index is -1.10. The molecule has 0 spiro atoms. The van der Waals surface area contributed by atoms with Gasteiger partial charge in [-0.1, -0.05) is 54.1 Å². The van der Waals surface area contributed by atoms with Crippen molar-refractivity contribution in [2.45, 2.75) is 26.1 Å². The Hall–Kier alpha value is -2.52. The van der Waals surface area contributed by atoms with Gasteiger partial charge in [0.05, 0.1) is 0 Å². The molecule has 0 amide bonds. The van der Waals surface area contributed by atoms with Crippen LogP contribution in [0.1, 0.15) is 19.4 Å². The number of fused-ring (bicyclic) bond motifs is 1. The van der Waals surface area contributed by atoms with Crippen molar-refractivity contribution in [2.75, 3.05) is 0 Å². The average Bonchev–Trinajstić information content (AvgIpc) is 2.61. The topological polar surface area (TPSA) is 35.5 Å². The van der Waals surface area contributed by atoms with Crippen molar-refractivity contribution in [3.8, 4) is 5.75 Å². The average molecular weight is 355 g/mol. The lowest BCUT2D eigenvalue weighted by Crippen LogP contribution is -2.39. The number of hydrogen-bond acceptors (Lipinski definition) is 3. The summed E-state index contributed by atoms with van der Waals surface area (Å²) in [6, 6.07) is 20.9. The molecule has 3 nitrogen and oxygen atoms in total. The van der Waals surface area contributed by atoms with Gasteiger partial charge in [-0.25, -0.2) is 4.79 Å². The molecule has 0 atom stereocenters. The van der Waals surface area contributed by atoms with Gasteiger partial charge in [-0.2, -0.15) is 0 Å². The summed E-state index contributed by atoms with van der Waals surface area (Å²) in [5.74, 6) is 0.145. The molecule has 25 heavy (non-hydrogen) atoms. The molecule has 0 radical (unpaired) electrons. The quantitative estimate of drug-likeness (QED) is 0.576. The number of hydrogen-bond donors (Lipinski definition) is 0. The Bertz CT molecular complexity index is 880. The van der Waals surface area contributed by atoms with Crippen LogP contribution in [0.25, 0.3) is 10.8 Å². The molecule has 0 N–H and O–H groups in total. The van der Waals surface area contributed by atoms with E-state index in [9.17, 15) is 4.79 Å². The molecule has 0 bridgehead atoms. The molecular formula is C21H19ClO3. The molecular weight excluding hydrogens is 336 g/mol. The van der Waals surface area contributed by atoms with Crippen LogP contribution in [0.15, 0.2) is 66.7 Å². The van der Waals surface area contributed by atoms with Crippen molar-refractivity contribution in [2.24, 2.45) is 0 Å². The van der Waals surface area contributed by atoms with Gasteiger partial charge in [-0.05, 0) is 54.4 Å². The van der Waals surface area contributed by atoms with Crippen molar-refractivity contribution in [1.29, 1.82) is 0 Å². The van der Waals surface area contributed by atoms with Crippen LogP contribution in [-0.2, 0) is 16.1 Å². The second kappa shape index (κ2) is 7.16. The Kier molecular flexibility index (Phi) is 4.95. The monoisotopic (exact) mass is 354 g/mol. The van der Waals surface area contributed by atoms with Crippen molar-refractivity contribution in [3.63, 3.8) is 0 Å². The van der Waals surface area contributed by atoms with E-state index in [-0.39, 0.29) is 6.61 Å². The zero-order valence-electron chi connectivity index (χ0n) is 14.2. The summed E-state index contributed by atoms with van der Waals surface area (Å²) >= 11 is 5.86. The number of benzene rings is 3. The van der Waals surface area contributed by atoms with Gasteiger partial charge in [-0.3, -0.25) is 0 Å². The molecule has 0 unspecified atom stereocenters. The molecule has 3 aromatic carbocycles.